The van der Waals surface area contributed by atoms with Gasteiger partial charge < -0.3 is 0 Å². The van der Waals surface area contributed by atoms with Gasteiger partial charge in [0.25, 0.3) is 0 Å². The quantitative estimate of drug-likeness (QED) is 0.522. The van der Waals surface area contributed by atoms with E-state index in [9.17, 15) is 0 Å². The normalized spacial score (nSPS) is 46.6. The first-order chi connectivity index (χ1) is 5.18. The van der Waals surface area contributed by atoms with Gasteiger partial charge in [-0.3, -0.25) is 9.34 Å². The van der Waals surface area contributed by atoms with Gasteiger partial charge in [0, 0.05) is 25.7 Å². The van der Waals surface area contributed by atoms with E-state index >= 15 is 0 Å². The van der Waals surface area contributed by atoms with Gasteiger partial charge in [-0.05, 0) is 18.8 Å². The molecule has 5 atom stereocenters. The molecule has 0 aromatic carbocycles. The Hall–Kier alpha value is 0.780. The van der Waals surface area contributed by atoms with Crippen molar-refractivity contribution in [1.82, 2.24) is 9.34 Å². The predicted octanol–water partition coefficient (Wildman–Crippen LogP) is 0.819. The van der Waals surface area contributed by atoms with Gasteiger partial charge in [0.05, 0.1) is 0 Å². The highest BCUT2D eigenvalue weighted by Crippen LogP contribution is 2.38. The van der Waals surface area contributed by atoms with Crippen LogP contribution in [0.5, 0.6) is 0 Å². The number of hydrogen-bond donors (Lipinski definition) is 0. The molecule has 0 aromatic rings. The molecule has 2 aliphatic heterocycles. The van der Waals surface area contributed by atoms with Crippen molar-refractivity contribution in [2.45, 2.75) is 13.0 Å². The first-order valence-corrected chi connectivity index (χ1v) is 5.22. The van der Waals surface area contributed by atoms with Crippen molar-refractivity contribution in [2.75, 3.05) is 19.6 Å². The highest BCUT2D eigenvalue weighted by molar-refractivity contribution is 7.13. The third kappa shape index (κ3) is 1.35. The fraction of sp³-hybridized carbons (Fsp3) is 1.00. The Morgan fingerprint density at radius 1 is 1.18 bits per heavy atom. The van der Waals surface area contributed by atoms with E-state index in [4.69, 9.17) is 0 Å². The summed E-state index contributed by atoms with van der Waals surface area (Å²) in [6.45, 7) is 6.13. The third-order valence-corrected chi connectivity index (χ3v) is 4.21. The van der Waals surface area contributed by atoms with E-state index < -0.39 is 0 Å². The summed E-state index contributed by atoms with van der Waals surface area (Å²) in [5.41, 5.74) is 0. The van der Waals surface area contributed by atoms with Gasteiger partial charge in [-0.25, -0.2) is 0 Å². The van der Waals surface area contributed by atoms with Crippen LogP contribution in [0.2, 0.25) is 0 Å². The lowest BCUT2D eigenvalue weighted by molar-refractivity contribution is 0.369. The Morgan fingerprint density at radius 3 is 2.55 bits per heavy atom. The molecule has 0 radical (unpaired) electrons. The lowest BCUT2D eigenvalue weighted by Gasteiger charge is -2.20. The molecule has 0 aliphatic carbocycles. The molecule has 2 saturated heterocycles. The van der Waals surface area contributed by atoms with Crippen molar-refractivity contribution < 1.29 is 0 Å². The van der Waals surface area contributed by atoms with E-state index in [1.54, 1.807) is 0 Å². The van der Waals surface area contributed by atoms with Gasteiger partial charge in [0.15, 0.2) is 0 Å². The molecule has 2 fully saturated rings. The minimum atomic E-state index is 0.760. The molecule has 64 valence electrons. The molecule has 0 N–H and O–H groups in total. The topological polar surface area (TPSA) is 6.48 Å². The summed E-state index contributed by atoms with van der Waals surface area (Å²) in [4.78, 5) is 0. The van der Waals surface area contributed by atoms with E-state index in [1.165, 1.54) is 19.6 Å². The van der Waals surface area contributed by atoms with E-state index in [1.807, 2.05) is 0 Å². The third-order valence-electron chi connectivity index (χ3n) is 3.11. The Morgan fingerprint density at radius 2 is 1.91 bits per heavy atom. The molecule has 0 amide bonds. The smallest absolute Gasteiger partial charge is 0.0145 e. The average molecular weight is 190 g/mol. The van der Waals surface area contributed by atoms with Crippen LogP contribution in [0.15, 0.2) is 0 Å². The zero-order chi connectivity index (χ0) is 8.01. The van der Waals surface area contributed by atoms with Gasteiger partial charge in [0.2, 0.25) is 0 Å². The van der Waals surface area contributed by atoms with Crippen molar-refractivity contribution in [2.24, 2.45) is 11.8 Å². The minimum absolute atomic E-state index is 0.760. The summed E-state index contributed by atoms with van der Waals surface area (Å²) in [5, 5.41) is 0. The van der Waals surface area contributed by atoms with Crippen molar-refractivity contribution >= 4 is 18.8 Å². The van der Waals surface area contributed by atoms with Gasteiger partial charge in [-0.2, -0.15) is 0 Å². The molecular weight excluding hydrogens is 174 g/mol. The summed E-state index contributed by atoms with van der Waals surface area (Å²) in [5.74, 6) is 1.82. The van der Waals surface area contributed by atoms with E-state index in [-0.39, 0.29) is 0 Å². The van der Waals surface area contributed by atoms with Crippen LogP contribution in [-0.2, 0) is 0 Å². The molecule has 2 unspecified atom stereocenters. The first kappa shape index (κ1) is 8.38. The second kappa shape index (κ2) is 2.92. The number of rotatable bonds is 0. The lowest BCUT2D eigenvalue weighted by atomic mass is 9.95. The Kier molecular flexibility index (Phi) is 2.23. The van der Waals surface area contributed by atoms with E-state index in [0.717, 1.165) is 17.9 Å². The molecule has 0 aromatic heterocycles. The van der Waals surface area contributed by atoms with Gasteiger partial charge >= 0.3 is 0 Å². The highest BCUT2D eigenvalue weighted by Gasteiger charge is 2.42. The van der Waals surface area contributed by atoms with Gasteiger partial charge in [-0.1, -0.05) is 18.8 Å². The molecule has 11 heavy (non-hydrogen) atoms. The molecular formula is C7H16N2P2. The lowest BCUT2D eigenvalue weighted by Crippen LogP contribution is -2.25. The molecule has 0 saturated carbocycles. The molecule has 4 heteroatoms. The monoisotopic (exact) mass is 190 g/mol. The molecule has 0 spiro atoms. The van der Waals surface area contributed by atoms with Crippen LogP contribution in [0.3, 0.4) is 0 Å². The number of nitrogens with zero attached hydrogens (tertiary/aromatic N) is 2. The van der Waals surface area contributed by atoms with Crippen LogP contribution >= 0.6 is 18.8 Å². The van der Waals surface area contributed by atoms with Crippen LogP contribution in [0.1, 0.15) is 6.92 Å². The largest absolute Gasteiger partial charge is 0.287 e. The predicted molar refractivity (Wildman–Crippen MR) is 54.1 cm³/mol. The van der Waals surface area contributed by atoms with E-state index in [0.29, 0.717) is 0 Å². The maximum Gasteiger partial charge on any atom is 0.0145 e. The van der Waals surface area contributed by atoms with Crippen LogP contribution < -0.4 is 0 Å². The Balaban J connectivity index is 2.07. The summed E-state index contributed by atoms with van der Waals surface area (Å²) in [7, 11) is 5.66. The molecule has 2 rings (SSSR count). The zero-order valence-electron chi connectivity index (χ0n) is 6.90. The van der Waals surface area contributed by atoms with Crippen molar-refractivity contribution in [3.63, 3.8) is 0 Å². The van der Waals surface area contributed by atoms with Crippen molar-refractivity contribution in [3.8, 4) is 0 Å². The molecule has 0 bridgehead atoms. The Bertz CT molecular complexity index is 165. The summed E-state index contributed by atoms with van der Waals surface area (Å²) in [6, 6.07) is 0.760. The highest BCUT2D eigenvalue weighted by atomic mass is 31.0. The second-order valence-electron chi connectivity index (χ2n) is 3.82. The summed E-state index contributed by atoms with van der Waals surface area (Å²) in [6.07, 6.45) is 0. The van der Waals surface area contributed by atoms with Crippen LogP contribution in [0.25, 0.3) is 0 Å². The summed E-state index contributed by atoms with van der Waals surface area (Å²) < 4.78 is 4.79. The first-order valence-electron chi connectivity index (χ1n) is 4.19. The SMILES string of the molecule is C[C@H]1[C@@H]2CN(P)C[C@@H]2CN1P. The van der Waals surface area contributed by atoms with Crippen molar-refractivity contribution in [1.29, 1.82) is 0 Å². The maximum absolute atomic E-state index is 2.84. The van der Waals surface area contributed by atoms with Gasteiger partial charge in [-0.15, -0.1) is 0 Å². The molecule has 2 nitrogen and oxygen atoms in total. The van der Waals surface area contributed by atoms with Crippen LogP contribution in [0, 0.1) is 11.8 Å². The Labute approximate surface area is 73.2 Å². The standard InChI is InChI=1S/C7H16N2P2/c1-5-7-4-8(10)2-6(7)3-9(5)11/h5-7H,2-4,10-11H2,1H3/t5-,6+,7-/m0/s1. The van der Waals surface area contributed by atoms with E-state index in [2.05, 4.69) is 35.0 Å². The average Bonchev–Trinajstić information content (AvgIpc) is 2.37. The fourth-order valence-electron chi connectivity index (χ4n) is 2.35. The summed E-state index contributed by atoms with van der Waals surface area (Å²) >= 11 is 0. The number of fused-ring (bicyclic) bond motifs is 1. The fourth-order valence-corrected chi connectivity index (χ4v) is 3.36. The maximum atomic E-state index is 2.84. The zero-order valence-corrected chi connectivity index (χ0v) is 9.21. The van der Waals surface area contributed by atoms with Crippen LogP contribution in [0.4, 0.5) is 0 Å². The van der Waals surface area contributed by atoms with Crippen LogP contribution in [-0.4, -0.2) is 35.0 Å². The molecule has 2 heterocycles. The van der Waals surface area contributed by atoms with Gasteiger partial charge in [0.1, 0.15) is 0 Å². The van der Waals surface area contributed by atoms with Crippen molar-refractivity contribution in [3.05, 3.63) is 0 Å². The minimum Gasteiger partial charge on any atom is -0.287 e. The second-order valence-corrected chi connectivity index (χ2v) is 5.21. The molecule has 2 aliphatic rings. The number of hydrogen-bond acceptors (Lipinski definition) is 2.